The highest BCUT2D eigenvalue weighted by molar-refractivity contribution is 5.92. The van der Waals surface area contributed by atoms with Crippen LogP contribution >= 0.6 is 0 Å². The first-order valence-corrected chi connectivity index (χ1v) is 7.00. The smallest absolute Gasteiger partial charge is 0.272 e. The zero-order valence-corrected chi connectivity index (χ0v) is 12.9. The Morgan fingerprint density at radius 3 is 2.43 bits per heavy atom. The number of nitrogens with zero attached hydrogens (tertiary/aromatic N) is 2. The van der Waals surface area contributed by atoms with E-state index in [0.717, 1.165) is 5.69 Å². The first-order chi connectivity index (χ1) is 9.77. The molecule has 0 saturated carbocycles. The van der Waals surface area contributed by atoms with Crippen LogP contribution in [0, 0.1) is 5.41 Å². The minimum absolute atomic E-state index is 0.00911. The van der Waals surface area contributed by atoms with Crippen LogP contribution in [0.25, 0.3) is 5.69 Å². The molecule has 0 fully saturated rings. The molecule has 5 heteroatoms. The van der Waals surface area contributed by atoms with E-state index in [1.165, 1.54) is 0 Å². The van der Waals surface area contributed by atoms with Crippen molar-refractivity contribution in [1.82, 2.24) is 15.1 Å². The van der Waals surface area contributed by atoms with Crippen LogP contribution in [-0.4, -0.2) is 21.7 Å². The number of nitrogens with one attached hydrogen (secondary N) is 1. The van der Waals surface area contributed by atoms with Crippen LogP contribution in [0.2, 0.25) is 0 Å². The van der Waals surface area contributed by atoms with Crippen molar-refractivity contribution in [3.63, 3.8) is 0 Å². The van der Waals surface area contributed by atoms with Crippen molar-refractivity contribution < 1.29 is 4.79 Å². The van der Waals surface area contributed by atoms with Gasteiger partial charge >= 0.3 is 0 Å². The molecule has 2 aromatic rings. The molecule has 0 radical (unpaired) electrons. The van der Waals surface area contributed by atoms with Crippen molar-refractivity contribution in [2.75, 3.05) is 5.73 Å². The summed E-state index contributed by atoms with van der Waals surface area (Å²) in [7, 11) is 0. The summed E-state index contributed by atoms with van der Waals surface area (Å²) in [6.45, 7) is 8.26. The summed E-state index contributed by atoms with van der Waals surface area (Å²) in [5.74, 6) is -0.161. The minimum atomic E-state index is -0.161. The van der Waals surface area contributed by atoms with Crippen LogP contribution in [0.15, 0.2) is 36.5 Å². The van der Waals surface area contributed by atoms with Gasteiger partial charge in [-0.3, -0.25) is 4.79 Å². The molecule has 1 aromatic carbocycles. The quantitative estimate of drug-likeness (QED) is 0.852. The maximum absolute atomic E-state index is 12.2. The molecule has 0 aliphatic carbocycles. The molecule has 3 N–H and O–H groups in total. The second-order valence-electron chi connectivity index (χ2n) is 6.30. The van der Waals surface area contributed by atoms with Gasteiger partial charge in [0.25, 0.3) is 5.91 Å². The van der Waals surface area contributed by atoms with Crippen molar-refractivity contribution in [2.24, 2.45) is 5.41 Å². The lowest BCUT2D eigenvalue weighted by Crippen LogP contribution is -2.41. The third-order valence-corrected chi connectivity index (χ3v) is 3.63. The Morgan fingerprint density at radius 2 is 1.86 bits per heavy atom. The molecule has 112 valence electrons. The highest BCUT2D eigenvalue weighted by atomic mass is 16.2. The van der Waals surface area contributed by atoms with Crippen LogP contribution in [-0.2, 0) is 0 Å². The number of hydrogen-bond donors (Lipinski definition) is 2. The average molecular weight is 286 g/mol. The number of rotatable bonds is 3. The Kier molecular flexibility index (Phi) is 4.02. The number of nitrogen functional groups attached to an aromatic ring is 1. The van der Waals surface area contributed by atoms with Gasteiger partial charge in [-0.2, -0.15) is 5.10 Å². The fraction of sp³-hybridized carbons (Fsp3) is 0.375. The molecular weight excluding hydrogens is 264 g/mol. The highest BCUT2D eigenvalue weighted by Gasteiger charge is 2.23. The normalized spacial score (nSPS) is 13.0. The summed E-state index contributed by atoms with van der Waals surface area (Å²) in [5.41, 5.74) is 7.64. The maximum atomic E-state index is 12.2. The Morgan fingerprint density at radius 1 is 1.24 bits per heavy atom. The monoisotopic (exact) mass is 286 g/mol. The van der Waals surface area contributed by atoms with Gasteiger partial charge < -0.3 is 11.1 Å². The van der Waals surface area contributed by atoms with Crippen LogP contribution < -0.4 is 11.1 Å². The third kappa shape index (κ3) is 3.62. The molecule has 2 rings (SSSR count). The van der Waals surface area contributed by atoms with Crippen LogP contribution in [0.5, 0.6) is 0 Å². The van der Waals surface area contributed by atoms with E-state index in [2.05, 4.69) is 31.2 Å². The van der Waals surface area contributed by atoms with Crippen molar-refractivity contribution in [1.29, 1.82) is 0 Å². The molecule has 0 bridgehead atoms. The predicted molar refractivity (Wildman–Crippen MR) is 84.4 cm³/mol. The number of carbonyl (C=O) groups is 1. The van der Waals surface area contributed by atoms with Gasteiger partial charge in [0, 0.05) is 17.9 Å². The SMILES string of the molecule is CC(NC(=O)c1ccn(-c2ccc(N)cc2)n1)C(C)(C)C. The molecule has 0 spiro atoms. The third-order valence-electron chi connectivity index (χ3n) is 3.63. The second kappa shape index (κ2) is 5.60. The van der Waals surface area contributed by atoms with Gasteiger partial charge in [0.05, 0.1) is 5.69 Å². The van der Waals surface area contributed by atoms with E-state index in [9.17, 15) is 4.79 Å². The number of aromatic nitrogens is 2. The van der Waals surface area contributed by atoms with Gasteiger partial charge in [-0.15, -0.1) is 0 Å². The average Bonchev–Trinajstić information content (AvgIpc) is 2.88. The van der Waals surface area contributed by atoms with E-state index < -0.39 is 0 Å². The number of amides is 1. The van der Waals surface area contributed by atoms with E-state index in [1.807, 2.05) is 19.1 Å². The lowest BCUT2D eigenvalue weighted by atomic mass is 9.88. The van der Waals surface area contributed by atoms with Crippen molar-refractivity contribution in [3.8, 4) is 5.69 Å². The standard InChI is InChI=1S/C16H22N4O/c1-11(16(2,3)4)18-15(21)14-9-10-20(19-14)13-7-5-12(17)6-8-13/h5-11H,17H2,1-4H3,(H,18,21). The lowest BCUT2D eigenvalue weighted by molar-refractivity contribution is 0.0904. The summed E-state index contributed by atoms with van der Waals surface area (Å²) in [6, 6.07) is 9.10. The van der Waals surface area contributed by atoms with E-state index in [-0.39, 0.29) is 17.4 Å². The number of hydrogen-bond acceptors (Lipinski definition) is 3. The molecule has 1 aromatic heterocycles. The Hall–Kier alpha value is -2.30. The molecule has 5 nitrogen and oxygen atoms in total. The van der Waals surface area contributed by atoms with E-state index in [1.54, 1.807) is 29.1 Å². The van der Waals surface area contributed by atoms with Gasteiger partial charge in [-0.05, 0) is 42.7 Å². The fourth-order valence-electron chi connectivity index (χ4n) is 1.70. The zero-order chi connectivity index (χ0) is 15.6. The molecule has 1 heterocycles. The van der Waals surface area contributed by atoms with Crippen LogP contribution in [0.1, 0.15) is 38.2 Å². The molecule has 0 aliphatic rings. The van der Waals surface area contributed by atoms with Gasteiger partial charge in [0.1, 0.15) is 0 Å². The minimum Gasteiger partial charge on any atom is -0.399 e. The van der Waals surface area contributed by atoms with Crippen LogP contribution in [0.3, 0.4) is 0 Å². The molecule has 1 amide bonds. The molecule has 1 atom stereocenters. The number of benzene rings is 1. The molecule has 0 aliphatic heterocycles. The number of carbonyl (C=O) groups excluding carboxylic acids is 1. The topological polar surface area (TPSA) is 72.9 Å². The fourth-order valence-corrected chi connectivity index (χ4v) is 1.70. The predicted octanol–water partition coefficient (Wildman–Crippen LogP) is 2.62. The van der Waals surface area contributed by atoms with E-state index in [4.69, 9.17) is 5.73 Å². The number of nitrogens with two attached hydrogens (primary N) is 1. The maximum Gasteiger partial charge on any atom is 0.272 e. The first kappa shape index (κ1) is 15.1. The second-order valence-corrected chi connectivity index (χ2v) is 6.30. The Bertz CT molecular complexity index is 622. The zero-order valence-electron chi connectivity index (χ0n) is 12.9. The van der Waals surface area contributed by atoms with Gasteiger partial charge in [-0.1, -0.05) is 20.8 Å². The molecular formula is C16H22N4O. The summed E-state index contributed by atoms with van der Waals surface area (Å²) < 4.78 is 1.66. The van der Waals surface area contributed by atoms with Gasteiger partial charge in [0.2, 0.25) is 0 Å². The van der Waals surface area contributed by atoms with Crippen molar-refractivity contribution in [2.45, 2.75) is 33.7 Å². The molecule has 0 saturated heterocycles. The first-order valence-electron chi connectivity index (χ1n) is 7.00. The van der Waals surface area contributed by atoms with Crippen molar-refractivity contribution in [3.05, 3.63) is 42.2 Å². The molecule has 21 heavy (non-hydrogen) atoms. The summed E-state index contributed by atoms with van der Waals surface area (Å²) >= 11 is 0. The summed E-state index contributed by atoms with van der Waals surface area (Å²) in [4.78, 5) is 12.2. The van der Waals surface area contributed by atoms with Gasteiger partial charge in [0.15, 0.2) is 5.69 Å². The van der Waals surface area contributed by atoms with Crippen LogP contribution in [0.4, 0.5) is 5.69 Å². The Labute approximate surface area is 125 Å². The van der Waals surface area contributed by atoms with Gasteiger partial charge in [-0.25, -0.2) is 4.68 Å². The highest BCUT2D eigenvalue weighted by Crippen LogP contribution is 2.19. The number of anilines is 1. The summed E-state index contributed by atoms with van der Waals surface area (Å²) in [6.07, 6.45) is 1.77. The largest absolute Gasteiger partial charge is 0.399 e. The van der Waals surface area contributed by atoms with E-state index in [0.29, 0.717) is 11.4 Å². The summed E-state index contributed by atoms with van der Waals surface area (Å²) in [5, 5.41) is 7.28. The van der Waals surface area contributed by atoms with Crippen molar-refractivity contribution >= 4 is 11.6 Å². The lowest BCUT2D eigenvalue weighted by Gasteiger charge is -2.27. The van der Waals surface area contributed by atoms with E-state index >= 15 is 0 Å². The molecule has 1 unspecified atom stereocenters. The Balaban J connectivity index is 2.13.